The number of phenols is 1. The van der Waals surface area contributed by atoms with E-state index in [1.165, 1.54) is 14.2 Å². The van der Waals surface area contributed by atoms with Crippen LogP contribution in [0.3, 0.4) is 0 Å². The van der Waals surface area contributed by atoms with E-state index in [2.05, 4.69) is 5.32 Å². The second-order valence-corrected chi connectivity index (χ2v) is 9.93. The second kappa shape index (κ2) is 9.28. The number of aliphatic hydroxyl groups is 2. The van der Waals surface area contributed by atoms with Gasteiger partial charge in [0.05, 0.1) is 37.2 Å². The van der Waals surface area contributed by atoms with Crippen molar-refractivity contribution in [3.05, 3.63) is 59.2 Å². The first kappa shape index (κ1) is 25.2. The quantitative estimate of drug-likeness (QED) is 0.499. The van der Waals surface area contributed by atoms with Crippen LogP contribution in [0.1, 0.15) is 43.4 Å². The molecule has 4 rings (SSSR count). The Kier molecular flexibility index (Phi) is 6.68. The Balaban J connectivity index is 1.75. The van der Waals surface area contributed by atoms with Gasteiger partial charge in [-0.15, -0.1) is 0 Å². The molecule has 2 aromatic rings. The molecule has 2 heterocycles. The number of methoxy groups -OCH3 is 2. The second-order valence-electron chi connectivity index (χ2n) is 9.93. The number of ether oxygens (including phenoxy) is 3. The van der Waals surface area contributed by atoms with Gasteiger partial charge in [0.15, 0.2) is 11.7 Å². The van der Waals surface area contributed by atoms with Crippen molar-refractivity contribution in [2.75, 3.05) is 32.8 Å². The maximum atomic E-state index is 12.8. The molecule has 0 bridgehead atoms. The summed E-state index contributed by atoms with van der Waals surface area (Å²) in [6.45, 7) is 4.45. The largest absolute Gasteiger partial charge is 0.507 e. The van der Waals surface area contributed by atoms with E-state index in [4.69, 9.17) is 14.2 Å². The molecule has 1 saturated heterocycles. The van der Waals surface area contributed by atoms with Crippen LogP contribution >= 0.6 is 0 Å². The van der Waals surface area contributed by atoms with Crippen molar-refractivity contribution in [2.45, 2.75) is 44.0 Å². The summed E-state index contributed by atoms with van der Waals surface area (Å²) in [5, 5.41) is 35.7. The van der Waals surface area contributed by atoms with Crippen LogP contribution in [0.5, 0.6) is 11.5 Å². The van der Waals surface area contributed by atoms with Gasteiger partial charge in [0.2, 0.25) is 0 Å². The molecule has 4 N–H and O–H groups in total. The molecular formula is C27H33NO7. The maximum absolute atomic E-state index is 12.8. The number of nitrogens with one attached hydrogen (secondary N) is 1. The lowest BCUT2D eigenvalue weighted by Crippen LogP contribution is -2.52. The summed E-state index contributed by atoms with van der Waals surface area (Å²) in [6.07, 6.45) is 3.86. The van der Waals surface area contributed by atoms with Crippen LogP contribution in [-0.2, 0) is 19.9 Å². The Morgan fingerprint density at radius 1 is 1.14 bits per heavy atom. The van der Waals surface area contributed by atoms with Gasteiger partial charge in [0.1, 0.15) is 11.5 Å². The number of aliphatic hydroxyl groups excluding tert-OH is 1. The highest BCUT2D eigenvalue weighted by Gasteiger charge is 2.51. The zero-order valence-corrected chi connectivity index (χ0v) is 20.5. The summed E-state index contributed by atoms with van der Waals surface area (Å²) < 4.78 is 16.7. The van der Waals surface area contributed by atoms with Crippen molar-refractivity contribution >= 4 is 17.7 Å². The highest BCUT2D eigenvalue weighted by molar-refractivity contribution is 6.00. The summed E-state index contributed by atoms with van der Waals surface area (Å²) in [6, 6.07) is 9.97. The minimum absolute atomic E-state index is 0.0642. The van der Waals surface area contributed by atoms with Gasteiger partial charge in [0, 0.05) is 18.1 Å². The predicted molar refractivity (Wildman–Crippen MR) is 131 cm³/mol. The van der Waals surface area contributed by atoms with Crippen LogP contribution in [0, 0.1) is 5.41 Å². The number of benzene rings is 2. The number of hydrogen-bond donors (Lipinski definition) is 4. The molecule has 188 valence electrons. The lowest BCUT2D eigenvalue weighted by atomic mass is 9.76. The third-order valence-electron chi connectivity index (χ3n) is 7.20. The fourth-order valence-corrected chi connectivity index (χ4v) is 4.72. The number of fused-ring (bicyclic) bond motifs is 1. The van der Waals surface area contributed by atoms with Crippen LogP contribution in [-0.4, -0.2) is 60.4 Å². The molecule has 0 aromatic heterocycles. The van der Waals surface area contributed by atoms with Crippen LogP contribution in [0.25, 0.3) is 6.08 Å². The standard InChI is InChI=1S/C27H33NO7/c1-25(15-29)13-14-26(2,35-16-25)12-11-17-5-10-20-21(22(17)30)27(32,23(34-4)24(31)28-20)18-6-8-19(33-3)9-7-18/h5-12,23,29-30,32H,13-16H2,1-4H3,(H,28,31)/b12-11+. The zero-order valence-electron chi connectivity index (χ0n) is 20.5. The third kappa shape index (κ3) is 4.43. The van der Waals surface area contributed by atoms with Gasteiger partial charge in [-0.05, 0) is 49.6 Å². The molecule has 1 amide bonds. The Bertz CT molecular complexity index is 1120. The molecule has 2 aromatic carbocycles. The number of rotatable bonds is 6. The van der Waals surface area contributed by atoms with E-state index in [0.717, 1.165) is 6.42 Å². The average Bonchev–Trinajstić information content (AvgIpc) is 2.86. The number of hydrogen-bond acceptors (Lipinski definition) is 7. The highest BCUT2D eigenvalue weighted by atomic mass is 16.5. The molecule has 8 heteroatoms. The van der Waals surface area contributed by atoms with E-state index in [-0.39, 0.29) is 23.3 Å². The molecule has 1 fully saturated rings. The zero-order chi connectivity index (χ0) is 25.4. The number of phenolic OH excluding ortho intramolecular Hbond substituents is 1. The van der Waals surface area contributed by atoms with E-state index < -0.39 is 23.2 Å². The number of anilines is 1. The van der Waals surface area contributed by atoms with E-state index >= 15 is 0 Å². The van der Waals surface area contributed by atoms with Crippen LogP contribution in [0.15, 0.2) is 42.5 Å². The number of carbonyl (C=O) groups is 1. The lowest BCUT2D eigenvalue weighted by Gasteiger charge is -2.41. The number of carbonyl (C=O) groups excluding carboxylic acids is 1. The first-order valence-electron chi connectivity index (χ1n) is 11.6. The predicted octanol–water partition coefficient (Wildman–Crippen LogP) is 3.18. The minimum atomic E-state index is -1.94. The number of aromatic hydroxyl groups is 1. The SMILES string of the molecule is COc1ccc(C2(O)c3c(ccc(/C=C/C4(C)CCC(C)(CO)CO4)c3O)NC(=O)C2OC)cc1. The third-order valence-corrected chi connectivity index (χ3v) is 7.20. The normalized spacial score (nSPS) is 30.7. The first-order valence-corrected chi connectivity index (χ1v) is 11.6. The maximum Gasteiger partial charge on any atom is 0.257 e. The van der Waals surface area contributed by atoms with E-state index in [0.29, 0.717) is 35.6 Å². The van der Waals surface area contributed by atoms with Gasteiger partial charge in [-0.25, -0.2) is 0 Å². The summed E-state index contributed by atoms with van der Waals surface area (Å²) >= 11 is 0. The minimum Gasteiger partial charge on any atom is -0.507 e. The molecule has 0 saturated carbocycles. The van der Waals surface area contributed by atoms with E-state index in [1.54, 1.807) is 42.5 Å². The molecular weight excluding hydrogens is 450 g/mol. The molecule has 4 unspecified atom stereocenters. The Labute approximate surface area is 205 Å². The number of amides is 1. The lowest BCUT2D eigenvalue weighted by molar-refractivity contribution is -0.142. The Morgan fingerprint density at radius 3 is 2.43 bits per heavy atom. The van der Waals surface area contributed by atoms with Crippen molar-refractivity contribution in [2.24, 2.45) is 5.41 Å². The molecule has 8 nitrogen and oxygen atoms in total. The monoisotopic (exact) mass is 483 g/mol. The molecule has 0 radical (unpaired) electrons. The van der Waals surface area contributed by atoms with E-state index in [1.807, 2.05) is 19.9 Å². The Morgan fingerprint density at radius 2 is 1.86 bits per heavy atom. The summed E-state index contributed by atoms with van der Waals surface area (Å²) in [4.78, 5) is 12.8. The fourth-order valence-electron chi connectivity index (χ4n) is 4.72. The average molecular weight is 484 g/mol. The summed E-state index contributed by atoms with van der Waals surface area (Å²) in [7, 11) is 2.88. The summed E-state index contributed by atoms with van der Waals surface area (Å²) in [5.74, 6) is -0.0967. The summed E-state index contributed by atoms with van der Waals surface area (Å²) in [5.41, 5.74) is -1.48. The van der Waals surface area contributed by atoms with E-state index in [9.17, 15) is 20.1 Å². The van der Waals surface area contributed by atoms with Crippen LogP contribution < -0.4 is 10.1 Å². The van der Waals surface area contributed by atoms with Crippen molar-refractivity contribution in [1.82, 2.24) is 0 Å². The van der Waals surface area contributed by atoms with Gasteiger partial charge < -0.3 is 34.8 Å². The Hall–Kier alpha value is -2.91. The van der Waals surface area contributed by atoms with Gasteiger partial charge in [-0.2, -0.15) is 0 Å². The molecule has 35 heavy (non-hydrogen) atoms. The van der Waals surface area contributed by atoms with Crippen molar-refractivity contribution in [3.63, 3.8) is 0 Å². The topological polar surface area (TPSA) is 117 Å². The van der Waals surface area contributed by atoms with Gasteiger partial charge in [-0.1, -0.05) is 31.2 Å². The molecule has 4 atom stereocenters. The van der Waals surface area contributed by atoms with Gasteiger partial charge in [0.25, 0.3) is 5.91 Å². The van der Waals surface area contributed by atoms with Crippen LogP contribution in [0.4, 0.5) is 5.69 Å². The van der Waals surface area contributed by atoms with Crippen LogP contribution in [0.2, 0.25) is 0 Å². The highest BCUT2D eigenvalue weighted by Crippen LogP contribution is 2.48. The molecule has 0 spiro atoms. The molecule has 0 aliphatic carbocycles. The first-order chi connectivity index (χ1) is 16.6. The van der Waals surface area contributed by atoms with Crippen molar-refractivity contribution < 1.29 is 34.3 Å². The van der Waals surface area contributed by atoms with Gasteiger partial charge in [-0.3, -0.25) is 4.79 Å². The van der Waals surface area contributed by atoms with Gasteiger partial charge >= 0.3 is 0 Å². The van der Waals surface area contributed by atoms with Crippen molar-refractivity contribution in [1.29, 1.82) is 0 Å². The molecule has 2 aliphatic rings. The fraction of sp³-hybridized carbons (Fsp3) is 0.444. The van der Waals surface area contributed by atoms with Crippen molar-refractivity contribution in [3.8, 4) is 11.5 Å². The molecule has 2 aliphatic heterocycles. The smallest absolute Gasteiger partial charge is 0.257 e.